The Balaban J connectivity index is 2.25. The van der Waals surface area contributed by atoms with Crippen LogP contribution in [0.5, 0.6) is 0 Å². The molecule has 2 saturated heterocycles. The van der Waals surface area contributed by atoms with Gasteiger partial charge in [0.2, 0.25) is 0 Å². The molecule has 2 fully saturated rings. The van der Waals surface area contributed by atoms with Crippen molar-refractivity contribution in [2.75, 3.05) is 0 Å². The Morgan fingerprint density at radius 1 is 1.10 bits per heavy atom. The Hall–Kier alpha value is 0.730. The first-order valence-electron chi connectivity index (χ1n) is 3.37. The average molecular weight is 199 g/mol. The highest BCUT2D eigenvalue weighted by Crippen LogP contribution is 2.42. The maximum Gasteiger partial charge on any atom is 0.0529 e. The standard InChI is InChI=1S/C6H8Cl2OS/c7-3-1-5-4(8)2-6(3)10(5)9/h3-6H,1-2H2. The van der Waals surface area contributed by atoms with Gasteiger partial charge in [0.05, 0.1) is 10.5 Å². The van der Waals surface area contributed by atoms with E-state index < -0.39 is 10.8 Å². The number of fused-ring (bicyclic) bond motifs is 2. The molecule has 1 nitrogen and oxygen atoms in total. The number of hydrogen-bond acceptors (Lipinski definition) is 1. The van der Waals surface area contributed by atoms with E-state index in [1.54, 1.807) is 0 Å². The van der Waals surface area contributed by atoms with Gasteiger partial charge < -0.3 is 0 Å². The molecule has 0 amide bonds. The van der Waals surface area contributed by atoms with E-state index in [-0.39, 0.29) is 21.3 Å². The molecule has 0 aromatic heterocycles. The lowest BCUT2D eigenvalue weighted by Gasteiger charge is -2.15. The molecule has 2 heterocycles. The van der Waals surface area contributed by atoms with E-state index in [2.05, 4.69) is 0 Å². The van der Waals surface area contributed by atoms with E-state index in [0.717, 1.165) is 12.8 Å². The predicted molar refractivity (Wildman–Crippen MR) is 44.2 cm³/mol. The van der Waals surface area contributed by atoms with Gasteiger partial charge >= 0.3 is 0 Å². The van der Waals surface area contributed by atoms with Gasteiger partial charge in [-0.2, -0.15) is 0 Å². The number of rotatable bonds is 0. The number of hydrogen-bond donors (Lipinski definition) is 0. The minimum Gasteiger partial charge on any atom is -0.259 e. The highest BCUT2D eigenvalue weighted by atomic mass is 35.5. The van der Waals surface area contributed by atoms with E-state index in [4.69, 9.17) is 23.2 Å². The molecule has 2 rings (SSSR count). The topological polar surface area (TPSA) is 17.1 Å². The van der Waals surface area contributed by atoms with Crippen molar-refractivity contribution in [3.05, 3.63) is 0 Å². The Bertz CT molecular complexity index is 167. The molecule has 4 atom stereocenters. The summed E-state index contributed by atoms with van der Waals surface area (Å²) in [5.74, 6) is 0. The van der Waals surface area contributed by atoms with Crippen molar-refractivity contribution in [2.45, 2.75) is 34.1 Å². The molecule has 0 radical (unpaired) electrons. The van der Waals surface area contributed by atoms with Gasteiger partial charge in [-0.3, -0.25) is 4.21 Å². The van der Waals surface area contributed by atoms with Crippen LogP contribution in [0.25, 0.3) is 0 Å². The largest absolute Gasteiger partial charge is 0.259 e. The van der Waals surface area contributed by atoms with Gasteiger partial charge in [0.1, 0.15) is 0 Å². The van der Waals surface area contributed by atoms with Crippen LogP contribution in [-0.2, 0) is 10.8 Å². The fraction of sp³-hybridized carbons (Fsp3) is 1.00. The third-order valence-corrected chi connectivity index (χ3v) is 5.82. The Morgan fingerprint density at radius 2 is 1.50 bits per heavy atom. The monoisotopic (exact) mass is 198 g/mol. The molecule has 0 aromatic carbocycles. The Morgan fingerprint density at radius 3 is 1.70 bits per heavy atom. The second kappa shape index (κ2) is 2.36. The van der Waals surface area contributed by atoms with Gasteiger partial charge in [0.25, 0.3) is 0 Å². The molecule has 2 bridgehead atoms. The van der Waals surface area contributed by atoms with Crippen molar-refractivity contribution in [3.63, 3.8) is 0 Å². The van der Waals surface area contributed by atoms with Gasteiger partial charge in [0, 0.05) is 21.6 Å². The zero-order valence-corrected chi connectivity index (χ0v) is 7.62. The third-order valence-electron chi connectivity index (χ3n) is 2.32. The van der Waals surface area contributed by atoms with Gasteiger partial charge in [-0.1, -0.05) is 0 Å². The molecule has 0 saturated carbocycles. The quantitative estimate of drug-likeness (QED) is 0.540. The van der Waals surface area contributed by atoms with Gasteiger partial charge in [-0.15, -0.1) is 23.2 Å². The van der Waals surface area contributed by atoms with E-state index in [1.807, 2.05) is 0 Å². The fourth-order valence-electron chi connectivity index (χ4n) is 1.75. The zero-order chi connectivity index (χ0) is 7.30. The van der Waals surface area contributed by atoms with Crippen molar-refractivity contribution in [3.8, 4) is 0 Å². The van der Waals surface area contributed by atoms with Crippen molar-refractivity contribution >= 4 is 34.0 Å². The fourth-order valence-corrected chi connectivity index (χ4v) is 5.20. The SMILES string of the molecule is O=S1C2CC(Cl)C1CC2Cl. The lowest BCUT2D eigenvalue weighted by Crippen LogP contribution is -2.23. The smallest absolute Gasteiger partial charge is 0.0529 e. The molecule has 2 aliphatic heterocycles. The molecule has 4 heteroatoms. The molecule has 2 aliphatic rings. The normalized spacial score (nSPS) is 59.6. The summed E-state index contributed by atoms with van der Waals surface area (Å²) in [4.78, 5) is 0. The van der Waals surface area contributed by atoms with Crippen molar-refractivity contribution < 1.29 is 4.21 Å². The van der Waals surface area contributed by atoms with E-state index in [0.29, 0.717) is 0 Å². The van der Waals surface area contributed by atoms with E-state index >= 15 is 0 Å². The summed E-state index contributed by atoms with van der Waals surface area (Å²) in [7, 11) is -0.725. The first-order chi connectivity index (χ1) is 4.70. The zero-order valence-electron chi connectivity index (χ0n) is 5.30. The lowest BCUT2D eigenvalue weighted by molar-refractivity contribution is 0.590. The molecular weight excluding hydrogens is 191 g/mol. The minimum absolute atomic E-state index is 0.126. The molecule has 0 N–H and O–H groups in total. The van der Waals surface area contributed by atoms with Crippen molar-refractivity contribution in [2.24, 2.45) is 0 Å². The lowest BCUT2D eigenvalue weighted by atomic mass is 10.00. The summed E-state index contributed by atoms with van der Waals surface area (Å²) in [6, 6.07) is 0. The first kappa shape index (κ1) is 7.38. The molecule has 4 unspecified atom stereocenters. The van der Waals surface area contributed by atoms with Crippen LogP contribution < -0.4 is 0 Å². The predicted octanol–water partition coefficient (Wildman–Crippen LogP) is 1.49. The molecule has 0 aliphatic carbocycles. The van der Waals surface area contributed by atoms with Crippen LogP contribution >= 0.6 is 23.2 Å². The highest BCUT2D eigenvalue weighted by Gasteiger charge is 2.50. The minimum atomic E-state index is -0.725. The second-order valence-corrected chi connectivity index (χ2v) is 5.90. The summed E-state index contributed by atoms with van der Waals surface area (Å²) in [6.07, 6.45) is 1.71. The van der Waals surface area contributed by atoms with Crippen LogP contribution in [0, 0.1) is 0 Å². The van der Waals surface area contributed by atoms with Crippen LogP contribution in [0.15, 0.2) is 0 Å². The first-order valence-corrected chi connectivity index (χ1v) is 5.52. The summed E-state index contributed by atoms with van der Waals surface area (Å²) >= 11 is 11.8. The van der Waals surface area contributed by atoms with Crippen LogP contribution in [0.1, 0.15) is 12.8 Å². The molecule has 0 aromatic rings. The Kier molecular flexibility index (Phi) is 1.74. The van der Waals surface area contributed by atoms with Gasteiger partial charge in [-0.25, -0.2) is 0 Å². The van der Waals surface area contributed by atoms with E-state index in [1.165, 1.54) is 0 Å². The van der Waals surface area contributed by atoms with Crippen LogP contribution in [0.3, 0.4) is 0 Å². The maximum atomic E-state index is 11.3. The van der Waals surface area contributed by atoms with Crippen LogP contribution in [-0.4, -0.2) is 25.5 Å². The molecular formula is C6H8Cl2OS. The summed E-state index contributed by atoms with van der Waals surface area (Å²) in [5.41, 5.74) is 0. The van der Waals surface area contributed by atoms with Crippen molar-refractivity contribution in [1.29, 1.82) is 0 Å². The van der Waals surface area contributed by atoms with Gasteiger partial charge in [-0.05, 0) is 12.8 Å². The molecule has 0 spiro atoms. The van der Waals surface area contributed by atoms with Gasteiger partial charge in [0.15, 0.2) is 0 Å². The second-order valence-electron chi connectivity index (χ2n) is 2.91. The van der Waals surface area contributed by atoms with Crippen molar-refractivity contribution in [1.82, 2.24) is 0 Å². The van der Waals surface area contributed by atoms with E-state index in [9.17, 15) is 4.21 Å². The number of halogens is 2. The third kappa shape index (κ3) is 0.853. The van der Waals surface area contributed by atoms with Crippen LogP contribution in [0.4, 0.5) is 0 Å². The average Bonchev–Trinajstić information content (AvgIpc) is 2.26. The maximum absolute atomic E-state index is 11.3. The Labute approximate surface area is 72.5 Å². The van der Waals surface area contributed by atoms with Crippen LogP contribution in [0.2, 0.25) is 0 Å². The molecule has 10 heavy (non-hydrogen) atoms. The highest BCUT2D eigenvalue weighted by molar-refractivity contribution is 7.87. The number of alkyl halides is 2. The molecule has 58 valence electrons. The summed E-state index contributed by atoms with van der Waals surface area (Å²) < 4.78 is 11.3. The summed E-state index contributed by atoms with van der Waals surface area (Å²) in [5, 5.41) is 0.630. The summed E-state index contributed by atoms with van der Waals surface area (Å²) in [6.45, 7) is 0.